The molecule has 9 nitrogen and oxygen atoms in total. The molecule has 3 aromatic rings. The number of carbonyl (C=O) groups excluding carboxylic acids is 1. The summed E-state index contributed by atoms with van der Waals surface area (Å²) in [6.07, 6.45) is 7.11. The van der Waals surface area contributed by atoms with Crippen LogP contribution in [0.4, 0.5) is 0 Å². The number of aromatic amines is 1. The molecule has 0 radical (unpaired) electrons. The average molecular weight is 485 g/mol. The van der Waals surface area contributed by atoms with Crippen molar-refractivity contribution >= 4 is 21.4 Å². The Hall–Kier alpha value is -2.72. The summed E-state index contributed by atoms with van der Waals surface area (Å²) in [4.78, 5) is 15.4. The van der Waals surface area contributed by atoms with Crippen LogP contribution in [0.1, 0.15) is 65.8 Å². The topological polar surface area (TPSA) is 104 Å². The monoisotopic (exact) mass is 484 g/mol. The predicted octanol–water partition coefficient (Wildman–Crippen LogP) is 3.11. The number of pyridine rings is 1. The molecule has 0 aromatic carbocycles. The van der Waals surface area contributed by atoms with Crippen LogP contribution in [-0.4, -0.2) is 69.5 Å². The fourth-order valence-corrected chi connectivity index (χ4v) is 7.08. The van der Waals surface area contributed by atoms with Crippen LogP contribution >= 0.6 is 0 Å². The highest BCUT2D eigenvalue weighted by atomic mass is 32.2. The van der Waals surface area contributed by atoms with Crippen molar-refractivity contribution in [3.8, 4) is 0 Å². The van der Waals surface area contributed by atoms with Crippen molar-refractivity contribution in [3.63, 3.8) is 0 Å². The molecule has 0 spiro atoms. The Morgan fingerprint density at radius 1 is 1.09 bits per heavy atom. The Labute approximate surface area is 200 Å². The fraction of sp³-hybridized carbons (Fsp3) is 0.542. The van der Waals surface area contributed by atoms with E-state index in [9.17, 15) is 13.2 Å². The highest BCUT2D eigenvalue weighted by molar-refractivity contribution is 7.89. The van der Waals surface area contributed by atoms with E-state index in [1.54, 1.807) is 28.9 Å². The second-order valence-corrected chi connectivity index (χ2v) is 11.6. The summed E-state index contributed by atoms with van der Waals surface area (Å²) in [7, 11) is -3.57. The van der Waals surface area contributed by atoms with Gasteiger partial charge >= 0.3 is 0 Å². The Morgan fingerprint density at radius 2 is 1.79 bits per heavy atom. The molecule has 10 heteroatoms. The highest BCUT2D eigenvalue weighted by Gasteiger charge is 2.33. The number of aryl methyl sites for hydroxylation is 2. The van der Waals surface area contributed by atoms with E-state index in [0.29, 0.717) is 40.9 Å². The van der Waals surface area contributed by atoms with Crippen LogP contribution in [0.15, 0.2) is 29.4 Å². The van der Waals surface area contributed by atoms with E-state index in [4.69, 9.17) is 0 Å². The smallest absolute Gasteiger partial charge is 0.257 e. The SMILES string of the molecule is Cc1n[nH]c(C)c1S(=O)(=O)N1CCC(c2ccn3ncc(C(=O)N4CCC(C)CC4)c3c2)CC1. The van der Waals surface area contributed by atoms with Gasteiger partial charge in [0.05, 0.1) is 28.7 Å². The lowest BCUT2D eigenvalue weighted by Crippen LogP contribution is -2.38. The first-order chi connectivity index (χ1) is 16.3. The van der Waals surface area contributed by atoms with Crippen LogP contribution in [-0.2, 0) is 10.0 Å². The maximum Gasteiger partial charge on any atom is 0.257 e. The molecular formula is C24H32N6O3S. The molecule has 5 heterocycles. The van der Waals surface area contributed by atoms with Crippen LogP contribution < -0.4 is 0 Å². The van der Waals surface area contributed by atoms with Gasteiger partial charge in [0.25, 0.3) is 5.91 Å². The first kappa shape index (κ1) is 23.0. The van der Waals surface area contributed by atoms with E-state index in [2.05, 4.69) is 28.3 Å². The first-order valence-electron chi connectivity index (χ1n) is 12.0. The number of nitrogens with zero attached hydrogens (tertiary/aromatic N) is 5. The fourth-order valence-electron chi connectivity index (χ4n) is 5.28. The van der Waals surface area contributed by atoms with Crippen molar-refractivity contribution in [1.82, 2.24) is 29.0 Å². The molecule has 2 aliphatic rings. The molecule has 2 fully saturated rings. The first-order valence-corrected chi connectivity index (χ1v) is 13.5. The largest absolute Gasteiger partial charge is 0.339 e. The van der Waals surface area contributed by atoms with Gasteiger partial charge < -0.3 is 4.90 Å². The van der Waals surface area contributed by atoms with Gasteiger partial charge in [0, 0.05) is 32.4 Å². The van der Waals surface area contributed by atoms with Gasteiger partial charge in [-0.05, 0) is 69.1 Å². The number of sulfonamides is 1. The zero-order valence-electron chi connectivity index (χ0n) is 20.0. The second kappa shape index (κ2) is 8.81. The third-order valence-electron chi connectivity index (χ3n) is 7.43. The van der Waals surface area contributed by atoms with Crippen molar-refractivity contribution in [2.45, 2.75) is 57.3 Å². The van der Waals surface area contributed by atoms with Crippen LogP contribution in [0.3, 0.4) is 0 Å². The molecule has 2 aliphatic heterocycles. The molecule has 34 heavy (non-hydrogen) atoms. The van der Waals surface area contributed by atoms with Crippen LogP contribution in [0.25, 0.3) is 5.52 Å². The quantitative estimate of drug-likeness (QED) is 0.613. The van der Waals surface area contributed by atoms with Crippen molar-refractivity contribution in [2.24, 2.45) is 5.92 Å². The molecule has 0 aliphatic carbocycles. The van der Waals surface area contributed by atoms with E-state index in [1.165, 1.54) is 0 Å². The normalized spacial score (nSPS) is 19.2. The zero-order valence-corrected chi connectivity index (χ0v) is 20.8. The Balaban J connectivity index is 1.33. The lowest BCUT2D eigenvalue weighted by atomic mass is 9.90. The van der Waals surface area contributed by atoms with Gasteiger partial charge in [0.2, 0.25) is 10.0 Å². The summed E-state index contributed by atoms with van der Waals surface area (Å²) < 4.78 is 29.7. The van der Waals surface area contributed by atoms with Gasteiger partial charge in [-0.3, -0.25) is 9.89 Å². The van der Waals surface area contributed by atoms with Gasteiger partial charge in [-0.25, -0.2) is 12.9 Å². The lowest BCUT2D eigenvalue weighted by molar-refractivity contribution is 0.0699. The molecule has 182 valence electrons. The number of hydrogen-bond donors (Lipinski definition) is 1. The molecule has 3 aromatic heterocycles. The van der Waals surface area contributed by atoms with Crippen LogP contribution in [0.5, 0.6) is 0 Å². The molecule has 0 saturated carbocycles. The van der Waals surface area contributed by atoms with Crippen molar-refractivity contribution in [1.29, 1.82) is 0 Å². The standard InChI is InChI=1S/C24H32N6O3S/c1-16-4-9-28(10-5-16)24(31)21-15-25-30-13-8-20(14-22(21)30)19-6-11-29(12-7-19)34(32,33)23-17(2)26-27-18(23)3/h8,13-16,19H,4-7,9-12H2,1-3H3,(H,26,27). The molecule has 1 amide bonds. The second-order valence-electron chi connectivity index (χ2n) is 9.76. The highest BCUT2D eigenvalue weighted by Crippen LogP contribution is 2.33. The number of carbonyl (C=O) groups is 1. The minimum atomic E-state index is -3.57. The maximum absolute atomic E-state index is 13.2. The van der Waals surface area contributed by atoms with Gasteiger partial charge in [0.1, 0.15) is 4.90 Å². The number of likely N-dealkylation sites (tertiary alicyclic amines) is 1. The van der Waals surface area contributed by atoms with Gasteiger partial charge in [-0.15, -0.1) is 0 Å². The predicted molar refractivity (Wildman–Crippen MR) is 128 cm³/mol. The van der Waals surface area contributed by atoms with Gasteiger partial charge in [-0.2, -0.15) is 14.5 Å². The third kappa shape index (κ3) is 4.02. The van der Waals surface area contributed by atoms with E-state index in [1.807, 2.05) is 17.2 Å². The van der Waals surface area contributed by atoms with Gasteiger partial charge in [-0.1, -0.05) is 6.92 Å². The summed E-state index contributed by atoms with van der Waals surface area (Å²) in [5, 5.41) is 11.2. The van der Waals surface area contributed by atoms with E-state index < -0.39 is 10.0 Å². The summed E-state index contributed by atoms with van der Waals surface area (Å²) >= 11 is 0. The number of rotatable bonds is 4. The molecule has 0 atom stereocenters. The summed E-state index contributed by atoms with van der Waals surface area (Å²) in [6.45, 7) is 8.19. The number of piperidine rings is 2. The minimum absolute atomic E-state index is 0.0471. The molecule has 2 saturated heterocycles. The third-order valence-corrected chi connectivity index (χ3v) is 9.59. The number of nitrogens with one attached hydrogen (secondary N) is 1. The summed E-state index contributed by atoms with van der Waals surface area (Å²) in [5.74, 6) is 0.943. The number of aromatic nitrogens is 4. The molecule has 0 unspecified atom stereocenters. The Morgan fingerprint density at radius 3 is 2.44 bits per heavy atom. The number of H-pyrrole nitrogens is 1. The summed E-state index contributed by atoms with van der Waals surface area (Å²) in [5.41, 5.74) is 3.67. The summed E-state index contributed by atoms with van der Waals surface area (Å²) in [6, 6.07) is 4.10. The van der Waals surface area contributed by atoms with Crippen molar-refractivity contribution < 1.29 is 13.2 Å². The van der Waals surface area contributed by atoms with E-state index >= 15 is 0 Å². The minimum Gasteiger partial charge on any atom is -0.339 e. The molecule has 5 rings (SSSR count). The molecule has 1 N–H and O–H groups in total. The maximum atomic E-state index is 13.2. The molecule has 0 bridgehead atoms. The van der Waals surface area contributed by atoms with E-state index in [0.717, 1.165) is 49.9 Å². The lowest BCUT2D eigenvalue weighted by Gasteiger charge is -2.31. The van der Waals surface area contributed by atoms with Crippen LogP contribution in [0, 0.1) is 19.8 Å². The zero-order chi connectivity index (χ0) is 24.0. The molecular weight excluding hydrogens is 452 g/mol. The van der Waals surface area contributed by atoms with Gasteiger partial charge in [0.15, 0.2) is 0 Å². The Bertz CT molecular complexity index is 1290. The van der Waals surface area contributed by atoms with E-state index in [-0.39, 0.29) is 11.8 Å². The van der Waals surface area contributed by atoms with Crippen molar-refractivity contribution in [2.75, 3.05) is 26.2 Å². The number of hydrogen-bond acceptors (Lipinski definition) is 5. The van der Waals surface area contributed by atoms with Crippen molar-refractivity contribution in [3.05, 3.63) is 47.0 Å². The number of fused-ring (bicyclic) bond motifs is 1. The Kier molecular flexibility index (Phi) is 5.97. The number of amides is 1. The van der Waals surface area contributed by atoms with Crippen LogP contribution in [0.2, 0.25) is 0 Å². The average Bonchev–Trinajstić information content (AvgIpc) is 3.41.